The van der Waals surface area contributed by atoms with Gasteiger partial charge in [0.05, 0.1) is 11.7 Å². The second-order valence-electron chi connectivity index (χ2n) is 7.19. The van der Waals surface area contributed by atoms with Gasteiger partial charge in [0.1, 0.15) is 0 Å². The first-order chi connectivity index (χ1) is 12.1. The first-order valence-electron chi connectivity index (χ1n) is 8.83. The van der Waals surface area contributed by atoms with E-state index in [1.165, 1.54) is 4.31 Å². The van der Waals surface area contributed by atoms with Crippen LogP contribution in [0.5, 0.6) is 0 Å². The molecule has 8 heteroatoms. The molecule has 0 saturated carbocycles. The van der Waals surface area contributed by atoms with Crippen molar-refractivity contribution in [3.63, 3.8) is 0 Å². The van der Waals surface area contributed by atoms with Crippen molar-refractivity contribution in [3.05, 3.63) is 33.8 Å². The number of amides is 1. The van der Waals surface area contributed by atoms with Gasteiger partial charge in [-0.05, 0) is 37.8 Å². The number of benzene rings is 1. The number of nitrogens with zero attached hydrogens (tertiary/aromatic N) is 1. The van der Waals surface area contributed by atoms with Gasteiger partial charge < -0.3 is 5.32 Å². The summed E-state index contributed by atoms with van der Waals surface area (Å²) in [6.45, 7) is 6.64. The molecule has 1 aromatic carbocycles. The van der Waals surface area contributed by atoms with E-state index in [1.54, 1.807) is 18.2 Å². The largest absolute Gasteiger partial charge is 0.353 e. The van der Waals surface area contributed by atoms with Crippen LogP contribution in [0.1, 0.15) is 39.2 Å². The Morgan fingerprint density at radius 2 is 1.88 bits per heavy atom. The van der Waals surface area contributed by atoms with E-state index < -0.39 is 10.0 Å². The summed E-state index contributed by atoms with van der Waals surface area (Å²) in [5, 5.41) is 3.65. The fraction of sp³-hybridized carbons (Fsp3) is 0.611. The maximum atomic E-state index is 12.8. The van der Waals surface area contributed by atoms with Crippen LogP contribution in [0.25, 0.3) is 0 Å². The van der Waals surface area contributed by atoms with E-state index >= 15 is 0 Å². The molecule has 1 aliphatic heterocycles. The lowest BCUT2D eigenvalue weighted by atomic mass is 9.97. The average Bonchev–Trinajstić information content (AvgIpc) is 2.58. The van der Waals surface area contributed by atoms with Crippen LogP contribution in [0.15, 0.2) is 18.2 Å². The lowest BCUT2D eigenvalue weighted by molar-refractivity contribution is -0.127. The molecule has 1 fully saturated rings. The highest BCUT2D eigenvalue weighted by Gasteiger charge is 2.33. The molecule has 0 bridgehead atoms. The van der Waals surface area contributed by atoms with Crippen molar-refractivity contribution in [2.45, 2.75) is 45.4 Å². The molecule has 1 N–H and O–H groups in total. The molecule has 146 valence electrons. The van der Waals surface area contributed by atoms with Crippen LogP contribution in [0.2, 0.25) is 10.0 Å². The SMILES string of the molecule is CC(C)[C@@H](C)NC(=O)[C@H]1CCCN(S(=O)(=O)Cc2c(Cl)cccc2Cl)C1. The molecule has 0 spiro atoms. The summed E-state index contributed by atoms with van der Waals surface area (Å²) >= 11 is 12.2. The smallest absolute Gasteiger partial charge is 0.224 e. The molecule has 0 unspecified atom stereocenters. The summed E-state index contributed by atoms with van der Waals surface area (Å²) in [6.07, 6.45) is 1.35. The predicted molar refractivity (Wildman–Crippen MR) is 106 cm³/mol. The molecule has 0 aliphatic carbocycles. The summed E-state index contributed by atoms with van der Waals surface area (Å²) in [5.74, 6) is -0.351. The zero-order chi connectivity index (χ0) is 19.5. The lowest BCUT2D eigenvalue weighted by Gasteiger charge is -2.32. The van der Waals surface area contributed by atoms with Crippen molar-refractivity contribution in [1.82, 2.24) is 9.62 Å². The summed E-state index contributed by atoms with van der Waals surface area (Å²) in [7, 11) is -3.61. The Bertz CT molecular complexity index is 733. The Balaban J connectivity index is 2.09. The standard InChI is InChI=1S/C18H26Cl2N2O3S/c1-12(2)13(3)21-18(23)14-6-5-9-22(10-14)26(24,25)11-15-16(19)7-4-8-17(15)20/h4,7-8,12-14H,5-6,9-11H2,1-3H3,(H,21,23)/t13-,14+/m1/s1. The molecular formula is C18H26Cl2N2O3S. The topological polar surface area (TPSA) is 66.5 Å². The number of halogens is 2. The van der Waals surface area contributed by atoms with Gasteiger partial charge in [-0.3, -0.25) is 4.79 Å². The number of hydrogen-bond donors (Lipinski definition) is 1. The highest BCUT2D eigenvalue weighted by atomic mass is 35.5. The molecule has 1 aromatic rings. The minimum Gasteiger partial charge on any atom is -0.353 e. The van der Waals surface area contributed by atoms with Crippen LogP contribution in [0.3, 0.4) is 0 Å². The molecule has 1 heterocycles. The highest BCUT2D eigenvalue weighted by molar-refractivity contribution is 7.88. The van der Waals surface area contributed by atoms with E-state index in [2.05, 4.69) is 5.32 Å². The maximum absolute atomic E-state index is 12.8. The molecule has 26 heavy (non-hydrogen) atoms. The van der Waals surface area contributed by atoms with E-state index in [0.717, 1.165) is 0 Å². The molecule has 0 radical (unpaired) electrons. The van der Waals surface area contributed by atoms with E-state index in [9.17, 15) is 13.2 Å². The van der Waals surface area contributed by atoms with E-state index in [-0.39, 0.29) is 30.2 Å². The second kappa shape index (κ2) is 8.91. The lowest BCUT2D eigenvalue weighted by Crippen LogP contribution is -2.48. The number of piperidine rings is 1. The minimum absolute atomic E-state index is 0.0522. The molecule has 1 amide bonds. The fourth-order valence-electron chi connectivity index (χ4n) is 2.86. The van der Waals surface area contributed by atoms with Crippen molar-refractivity contribution in [1.29, 1.82) is 0 Å². The summed E-state index contributed by atoms with van der Waals surface area (Å²) in [5.41, 5.74) is 0.399. The monoisotopic (exact) mass is 420 g/mol. The van der Waals surface area contributed by atoms with Gasteiger partial charge in [0.25, 0.3) is 0 Å². The maximum Gasteiger partial charge on any atom is 0.224 e. The normalized spacial score (nSPS) is 20.2. The van der Waals surface area contributed by atoms with E-state index in [1.807, 2.05) is 20.8 Å². The quantitative estimate of drug-likeness (QED) is 0.762. The number of carbonyl (C=O) groups excluding carboxylic acids is 1. The third-order valence-electron chi connectivity index (χ3n) is 4.91. The Hall–Kier alpha value is -0.820. The number of rotatable bonds is 6. The van der Waals surface area contributed by atoms with Crippen molar-refractivity contribution >= 4 is 39.1 Å². The summed E-state index contributed by atoms with van der Waals surface area (Å²) < 4.78 is 27.1. The van der Waals surface area contributed by atoms with Gasteiger partial charge >= 0.3 is 0 Å². The zero-order valence-electron chi connectivity index (χ0n) is 15.3. The Labute approximate surface area is 166 Å². The van der Waals surface area contributed by atoms with Gasteiger partial charge in [-0.1, -0.05) is 43.1 Å². The molecule has 0 aromatic heterocycles. The van der Waals surface area contributed by atoms with Crippen LogP contribution in [-0.2, 0) is 20.6 Å². The van der Waals surface area contributed by atoms with E-state index in [4.69, 9.17) is 23.2 Å². The van der Waals surface area contributed by atoms with Gasteiger partial charge in [-0.2, -0.15) is 0 Å². The van der Waals surface area contributed by atoms with Gasteiger partial charge in [0.15, 0.2) is 0 Å². The van der Waals surface area contributed by atoms with Crippen molar-refractivity contribution in [2.75, 3.05) is 13.1 Å². The highest BCUT2D eigenvalue weighted by Crippen LogP contribution is 2.29. The molecule has 2 atom stereocenters. The number of nitrogens with one attached hydrogen (secondary N) is 1. The summed E-state index contributed by atoms with van der Waals surface area (Å²) in [6, 6.07) is 4.98. The predicted octanol–water partition coefficient (Wildman–Crippen LogP) is 3.70. The molecular weight excluding hydrogens is 395 g/mol. The third kappa shape index (κ3) is 5.35. The van der Waals surface area contributed by atoms with Crippen molar-refractivity contribution in [3.8, 4) is 0 Å². The van der Waals surface area contributed by atoms with E-state index in [0.29, 0.717) is 40.9 Å². The number of hydrogen-bond acceptors (Lipinski definition) is 3. The van der Waals surface area contributed by atoms with Gasteiger partial charge in [-0.25, -0.2) is 12.7 Å². The van der Waals surface area contributed by atoms with Gasteiger partial charge in [0, 0.05) is 34.7 Å². The van der Waals surface area contributed by atoms with Gasteiger partial charge in [0.2, 0.25) is 15.9 Å². The fourth-order valence-corrected chi connectivity index (χ4v) is 5.22. The van der Waals surface area contributed by atoms with Crippen molar-refractivity contribution in [2.24, 2.45) is 11.8 Å². The van der Waals surface area contributed by atoms with Gasteiger partial charge in [-0.15, -0.1) is 0 Å². The van der Waals surface area contributed by atoms with Crippen molar-refractivity contribution < 1.29 is 13.2 Å². The minimum atomic E-state index is -3.61. The Morgan fingerprint density at radius 3 is 2.46 bits per heavy atom. The van der Waals surface area contributed by atoms with Crippen LogP contribution >= 0.6 is 23.2 Å². The molecule has 1 aliphatic rings. The first-order valence-corrected chi connectivity index (χ1v) is 11.2. The molecule has 2 rings (SSSR count). The van der Waals surface area contributed by atoms with Crippen LogP contribution < -0.4 is 5.32 Å². The van der Waals surface area contributed by atoms with Crippen LogP contribution in [0, 0.1) is 11.8 Å². The Morgan fingerprint density at radius 1 is 1.27 bits per heavy atom. The average molecular weight is 421 g/mol. The number of sulfonamides is 1. The Kier molecular flexibility index (Phi) is 7.36. The third-order valence-corrected chi connectivity index (χ3v) is 7.39. The van der Waals surface area contributed by atoms with Crippen LogP contribution in [-0.4, -0.2) is 37.8 Å². The second-order valence-corrected chi connectivity index (χ2v) is 9.98. The molecule has 1 saturated heterocycles. The summed E-state index contributed by atoms with van der Waals surface area (Å²) in [4.78, 5) is 12.5. The molecule has 5 nitrogen and oxygen atoms in total. The van der Waals surface area contributed by atoms with Crippen LogP contribution in [0.4, 0.5) is 0 Å². The number of carbonyl (C=O) groups is 1. The first kappa shape index (κ1) is 21.5. The zero-order valence-corrected chi connectivity index (χ0v) is 17.7.